The van der Waals surface area contributed by atoms with E-state index < -0.39 is 135 Å². The molecule has 0 bridgehead atoms. The Labute approximate surface area is 277 Å². The van der Waals surface area contributed by atoms with Crippen molar-refractivity contribution in [1.29, 1.82) is 0 Å². The van der Waals surface area contributed by atoms with E-state index >= 15 is 0 Å². The number of hydrogen-bond acceptors (Lipinski definition) is 14. The molecule has 264 valence electrons. The summed E-state index contributed by atoms with van der Waals surface area (Å²) in [6, 6.07) is 0. The van der Waals surface area contributed by atoms with Gasteiger partial charge >= 0.3 is 23.9 Å². The molecule has 0 aromatic heterocycles. The minimum Gasteiger partial charge on any atom is -0.459 e. The number of esters is 4. The number of Topliss-reactive ketones (excluding diaryl/α,β-unsaturated/α-hetero) is 1. The maximum Gasteiger partial charge on any atom is 0.343 e. The third-order valence-corrected chi connectivity index (χ3v) is 14.0. The summed E-state index contributed by atoms with van der Waals surface area (Å²) in [7, 11) is 0. The molecule has 6 fully saturated rings. The van der Waals surface area contributed by atoms with Crippen LogP contribution < -0.4 is 0 Å². The molecule has 14 heteroatoms. The minimum atomic E-state index is -2.25. The molecule has 0 aromatic rings. The van der Waals surface area contributed by atoms with Crippen molar-refractivity contribution in [3.05, 3.63) is 11.8 Å². The van der Waals surface area contributed by atoms with Crippen molar-refractivity contribution in [1.82, 2.24) is 0 Å². The van der Waals surface area contributed by atoms with Gasteiger partial charge in [0.15, 0.2) is 11.4 Å². The van der Waals surface area contributed by atoms with Crippen molar-refractivity contribution in [2.45, 2.75) is 116 Å². The first-order chi connectivity index (χ1) is 22.1. The van der Waals surface area contributed by atoms with Crippen molar-refractivity contribution in [3.63, 3.8) is 0 Å². The fraction of sp³-hybridized carbons (Fsp3) is 0.794. The number of aliphatic hydroxyl groups excluding tert-OH is 2. The Hall–Kier alpha value is -2.91. The molecule has 48 heavy (non-hydrogen) atoms. The molecule has 4 N–H and O–H groups in total. The smallest absolute Gasteiger partial charge is 0.343 e. The van der Waals surface area contributed by atoms with Crippen LogP contribution in [0, 0.1) is 51.8 Å². The zero-order chi connectivity index (χ0) is 35.4. The van der Waals surface area contributed by atoms with E-state index in [1.807, 2.05) is 6.92 Å². The summed E-state index contributed by atoms with van der Waals surface area (Å²) < 4.78 is 29.4. The van der Waals surface area contributed by atoms with Crippen molar-refractivity contribution in [2.75, 3.05) is 0 Å². The number of ketones is 1. The first kappa shape index (κ1) is 33.6. The third-order valence-electron chi connectivity index (χ3n) is 14.0. The van der Waals surface area contributed by atoms with Gasteiger partial charge < -0.3 is 44.1 Å². The van der Waals surface area contributed by atoms with Crippen LogP contribution in [0.2, 0.25) is 0 Å². The highest BCUT2D eigenvalue weighted by molar-refractivity contribution is 5.90. The SMILES string of the molecule is CC(=O)O[C@H]1[C@@H]2[C@@H](C(=O)[C@H](O)[C@@]3(O)C[C@@H]4O[C@@H]4[C@H](OC(C)=O)[C@]23C)[C@H]2[C@@H](O)[C@@H]3[C@H]([C@H](C)C=C4OC(=O)[C@@](C)(O)[C@@]43C)[C@@]2(C)[C@H]1OC(C)=O. The number of fused-ring (bicyclic) bond motifs is 10. The zero-order valence-electron chi connectivity index (χ0n) is 28.2. The van der Waals surface area contributed by atoms with Crippen molar-refractivity contribution < 1.29 is 68.1 Å². The third kappa shape index (κ3) is 3.68. The van der Waals surface area contributed by atoms with Gasteiger partial charge in [0.25, 0.3) is 0 Å². The Morgan fingerprint density at radius 1 is 0.854 bits per heavy atom. The van der Waals surface area contributed by atoms with Crippen LogP contribution in [0.1, 0.15) is 61.8 Å². The second kappa shape index (κ2) is 9.87. The Bertz CT molecular complexity index is 1550. The maximum atomic E-state index is 14.7. The number of ether oxygens (including phenoxy) is 5. The fourth-order valence-corrected chi connectivity index (χ4v) is 11.9. The largest absolute Gasteiger partial charge is 0.459 e. The van der Waals surface area contributed by atoms with Crippen LogP contribution in [0.4, 0.5) is 0 Å². The molecule has 2 heterocycles. The molecule has 0 unspecified atom stereocenters. The lowest BCUT2D eigenvalue weighted by atomic mass is 9.40. The highest BCUT2D eigenvalue weighted by atomic mass is 16.6. The van der Waals surface area contributed by atoms with Gasteiger partial charge in [0.05, 0.1) is 17.6 Å². The van der Waals surface area contributed by atoms with Crippen LogP contribution in [0.15, 0.2) is 11.8 Å². The summed E-state index contributed by atoms with van der Waals surface area (Å²) >= 11 is 0. The maximum absolute atomic E-state index is 14.7. The van der Waals surface area contributed by atoms with Gasteiger partial charge in [-0.05, 0) is 31.8 Å². The fourth-order valence-electron chi connectivity index (χ4n) is 11.9. The van der Waals surface area contributed by atoms with Gasteiger partial charge in [0.1, 0.15) is 41.9 Å². The van der Waals surface area contributed by atoms with Gasteiger partial charge in [-0.2, -0.15) is 0 Å². The normalized spacial score (nSPS) is 55.8. The molecule has 18 atom stereocenters. The van der Waals surface area contributed by atoms with Gasteiger partial charge in [-0.25, -0.2) is 4.79 Å². The molecular formula is C34H44O14. The van der Waals surface area contributed by atoms with Crippen molar-refractivity contribution in [3.8, 4) is 0 Å². The Morgan fingerprint density at radius 3 is 2.02 bits per heavy atom. The van der Waals surface area contributed by atoms with Crippen LogP contribution in [0.25, 0.3) is 0 Å². The highest BCUT2D eigenvalue weighted by Crippen LogP contribution is 2.75. The van der Waals surface area contributed by atoms with Crippen LogP contribution in [0.3, 0.4) is 0 Å². The first-order valence-corrected chi connectivity index (χ1v) is 16.6. The lowest BCUT2D eigenvalue weighted by Gasteiger charge is -2.67. The molecule has 0 amide bonds. The number of epoxide rings is 1. The molecule has 2 saturated heterocycles. The van der Waals surface area contributed by atoms with Gasteiger partial charge in [-0.3, -0.25) is 19.2 Å². The number of hydrogen-bond donors (Lipinski definition) is 4. The molecule has 2 aliphatic heterocycles. The molecule has 4 saturated carbocycles. The second-order valence-corrected chi connectivity index (χ2v) is 16.0. The van der Waals surface area contributed by atoms with E-state index in [1.165, 1.54) is 20.8 Å². The predicted molar refractivity (Wildman–Crippen MR) is 158 cm³/mol. The molecule has 7 rings (SSSR count). The van der Waals surface area contributed by atoms with Gasteiger partial charge in [-0.15, -0.1) is 0 Å². The summed E-state index contributed by atoms with van der Waals surface area (Å²) in [5.41, 5.74) is -9.01. The van der Waals surface area contributed by atoms with Gasteiger partial charge in [0.2, 0.25) is 0 Å². The first-order valence-electron chi connectivity index (χ1n) is 16.6. The Balaban J connectivity index is 1.51. The lowest BCUT2D eigenvalue weighted by molar-refractivity contribution is -0.302. The van der Waals surface area contributed by atoms with Crippen molar-refractivity contribution in [2.24, 2.45) is 51.8 Å². The highest BCUT2D eigenvalue weighted by Gasteiger charge is 2.85. The molecule has 0 spiro atoms. The number of rotatable bonds is 3. The lowest BCUT2D eigenvalue weighted by Crippen LogP contribution is -2.80. The topological polar surface area (TPSA) is 216 Å². The molecule has 14 nitrogen and oxygen atoms in total. The van der Waals surface area contributed by atoms with E-state index in [0.717, 1.165) is 6.92 Å². The van der Waals surface area contributed by atoms with Crippen LogP contribution >= 0.6 is 0 Å². The molecule has 7 aliphatic rings. The van der Waals surface area contributed by atoms with Gasteiger partial charge in [0, 0.05) is 61.7 Å². The molecule has 0 aromatic carbocycles. The van der Waals surface area contributed by atoms with E-state index in [-0.39, 0.29) is 12.2 Å². The Morgan fingerprint density at radius 2 is 1.44 bits per heavy atom. The minimum absolute atomic E-state index is 0.167. The summed E-state index contributed by atoms with van der Waals surface area (Å²) in [6.07, 6.45) is -7.39. The van der Waals surface area contributed by atoms with E-state index in [0.29, 0.717) is 0 Å². The molecule has 0 radical (unpaired) electrons. The number of carbonyl (C=O) groups excluding carboxylic acids is 5. The number of aliphatic hydroxyl groups is 4. The van der Waals surface area contributed by atoms with Gasteiger partial charge in [-0.1, -0.05) is 20.8 Å². The Kier molecular flexibility index (Phi) is 6.90. The predicted octanol–water partition coefficient (Wildman–Crippen LogP) is -0.0433. The summed E-state index contributed by atoms with van der Waals surface area (Å²) in [5, 5.41) is 48.6. The van der Waals surface area contributed by atoms with E-state index in [4.69, 9.17) is 23.7 Å². The molecular weight excluding hydrogens is 632 g/mol. The van der Waals surface area contributed by atoms with Crippen LogP contribution in [-0.4, -0.2) is 104 Å². The second-order valence-electron chi connectivity index (χ2n) is 16.0. The average Bonchev–Trinajstić information content (AvgIpc) is 3.64. The summed E-state index contributed by atoms with van der Waals surface area (Å²) in [6.45, 7) is 11.5. The van der Waals surface area contributed by atoms with Crippen molar-refractivity contribution >= 4 is 29.7 Å². The van der Waals surface area contributed by atoms with E-state index in [2.05, 4.69) is 0 Å². The number of carbonyl (C=O) groups is 5. The monoisotopic (exact) mass is 676 g/mol. The van der Waals surface area contributed by atoms with Crippen LogP contribution in [0.5, 0.6) is 0 Å². The van der Waals surface area contributed by atoms with Crippen LogP contribution in [-0.2, 0) is 47.7 Å². The molecule has 5 aliphatic carbocycles. The van der Waals surface area contributed by atoms with E-state index in [9.17, 15) is 44.4 Å². The summed E-state index contributed by atoms with van der Waals surface area (Å²) in [4.78, 5) is 66.3. The number of allylic oxidation sites excluding steroid dienone is 1. The average molecular weight is 677 g/mol. The zero-order valence-corrected chi connectivity index (χ0v) is 28.2. The quantitative estimate of drug-likeness (QED) is 0.175. The standard InChI is InChI=1S/C34H44O14/c1-11-9-16-31(6,33(8,42)29(41)48-16)21-18(11)30(5)19(23(21)39)17-20(25(44-12(2)35)27(30)45-13(3)36)32(7)28(46-14(4)37)24-15(47-24)10-34(32,43)26(40)22(17)38/h9,11,15,17-21,23-28,39-40,42-43H,10H2,1-8H3/t11-,15+,17+,18+,19+,20+,21+,23-,24+,25+,26+,27+,28+,30-,31+,32+,33-,34+/m1/s1. The van der Waals surface area contributed by atoms with E-state index in [1.54, 1.807) is 26.8 Å². The summed E-state index contributed by atoms with van der Waals surface area (Å²) in [5.74, 6) is -9.78.